The summed E-state index contributed by atoms with van der Waals surface area (Å²) in [5.74, 6) is 0.746. The Bertz CT molecular complexity index is 982. The van der Waals surface area contributed by atoms with Gasteiger partial charge in [0.05, 0.1) is 21.7 Å². The Morgan fingerprint density at radius 3 is 2.64 bits per heavy atom. The number of pyridine rings is 1. The summed E-state index contributed by atoms with van der Waals surface area (Å²) in [6, 6.07) is 13.5. The lowest BCUT2D eigenvalue weighted by Gasteiger charge is -2.31. The Morgan fingerprint density at radius 1 is 1.08 bits per heavy atom. The number of nitrogens with zero attached hydrogens (tertiary/aromatic N) is 2. The van der Waals surface area contributed by atoms with Crippen LogP contribution in [0.15, 0.2) is 71.0 Å². The Kier molecular flexibility index (Phi) is 3.72. The van der Waals surface area contributed by atoms with Gasteiger partial charge < -0.3 is 4.90 Å². The molecule has 0 spiro atoms. The van der Waals surface area contributed by atoms with E-state index in [1.807, 2.05) is 35.2 Å². The molecular formula is C19H13F3N2S. The van der Waals surface area contributed by atoms with Crippen LogP contribution < -0.4 is 4.90 Å². The number of hydrogen-bond donors (Lipinski definition) is 0. The Hall–Kier alpha value is -2.47. The normalized spacial score (nSPS) is 13.5. The van der Waals surface area contributed by atoms with E-state index in [0.29, 0.717) is 17.1 Å². The average Bonchev–Trinajstić information content (AvgIpc) is 2.59. The maximum Gasteiger partial charge on any atom is 0.416 e. The van der Waals surface area contributed by atoms with Crippen LogP contribution in [0.3, 0.4) is 0 Å². The molecule has 0 radical (unpaired) electrons. The summed E-state index contributed by atoms with van der Waals surface area (Å²) in [4.78, 5) is 8.04. The molecule has 0 N–H and O–H groups in total. The molecule has 0 atom stereocenters. The van der Waals surface area contributed by atoms with Crippen LogP contribution in [0, 0.1) is 0 Å². The molecule has 1 aliphatic rings. The number of rotatable bonds is 2. The number of aromatic nitrogens is 1. The van der Waals surface area contributed by atoms with Gasteiger partial charge in [-0.3, -0.25) is 0 Å². The standard InChI is InChI=1S/C19H13F3N2S/c1-2-9-24-15-8-7-13(19(20,21)22)11-16(15)25-17-10-12-5-3-4-6-14(12)23-18(17)24/h2-8,10-11H,1,9H2. The molecule has 0 amide bonds. The molecule has 2 heterocycles. The lowest BCUT2D eigenvalue weighted by atomic mass is 10.1. The van der Waals surface area contributed by atoms with Gasteiger partial charge >= 0.3 is 6.18 Å². The van der Waals surface area contributed by atoms with Crippen LogP contribution in [0.25, 0.3) is 10.9 Å². The SMILES string of the molecule is C=CCN1c2ccc(C(F)(F)F)cc2Sc2cc3ccccc3nc21. The van der Waals surface area contributed by atoms with E-state index in [1.165, 1.54) is 23.9 Å². The van der Waals surface area contributed by atoms with E-state index in [9.17, 15) is 13.2 Å². The predicted octanol–water partition coefficient (Wildman–Crippen LogP) is 6.04. The van der Waals surface area contributed by atoms with Gasteiger partial charge in [0.2, 0.25) is 0 Å². The Morgan fingerprint density at radius 2 is 1.88 bits per heavy atom. The molecule has 6 heteroatoms. The van der Waals surface area contributed by atoms with E-state index in [-0.39, 0.29) is 0 Å². The second-order valence-electron chi connectivity index (χ2n) is 5.68. The summed E-state index contributed by atoms with van der Waals surface area (Å²) >= 11 is 1.32. The van der Waals surface area contributed by atoms with Crippen molar-refractivity contribution >= 4 is 34.2 Å². The van der Waals surface area contributed by atoms with Crippen molar-refractivity contribution in [2.45, 2.75) is 16.0 Å². The fraction of sp³-hybridized carbons (Fsp3) is 0.105. The molecule has 1 aliphatic heterocycles. The molecule has 126 valence electrons. The monoisotopic (exact) mass is 358 g/mol. The fourth-order valence-electron chi connectivity index (χ4n) is 2.90. The number of benzene rings is 2. The number of para-hydroxylation sites is 1. The van der Waals surface area contributed by atoms with Crippen molar-refractivity contribution in [2.24, 2.45) is 0 Å². The minimum Gasteiger partial charge on any atom is -0.321 e. The fourth-order valence-corrected chi connectivity index (χ4v) is 4.04. The van der Waals surface area contributed by atoms with Crippen molar-refractivity contribution < 1.29 is 13.2 Å². The summed E-state index contributed by atoms with van der Waals surface area (Å²) in [7, 11) is 0. The van der Waals surface area contributed by atoms with Crippen LogP contribution in [0.1, 0.15) is 5.56 Å². The van der Waals surface area contributed by atoms with Gasteiger partial charge in [0.15, 0.2) is 0 Å². The van der Waals surface area contributed by atoms with Gasteiger partial charge in [-0.05, 0) is 30.3 Å². The van der Waals surface area contributed by atoms with Crippen molar-refractivity contribution in [3.8, 4) is 0 Å². The quantitative estimate of drug-likeness (QED) is 0.519. The predicted molar refractivity (Wildman–Crippen MR) is 94.5 cm³/mol. The van der Waals surface area contributed by atoms with Crippen LogP contribution >= 0.6 is 11.8 Å². The molecular weight excluding hydrogens is 345 g/mol. The average molecular weight is 358 g/mol. The third-order valence-corrected chi connectivity index (χ3v) is 5.10. The van der Waals surface area contributed by atoms with Crippen LogP contribution in [0.4, 0.5) is 24.7 Å². The topological polar surface area (TPSA) is 16.1 Å². The van der Waals surface area contributed by atoms with E-state index in [1.54, 1.807) is 6.08 Å². The second-order valence-corrected chi connectivity index (χ2v) is 6.77. The zero-order valence-corrected chi connectivity index (χ0v) is 13.9. The van der Waals surface area contributed by atoms with Gasteiger partial charge in [-0.1, -0.05) is 36.0 Å². The first-order valence-electron chi connectivity index (χ1n) is 7.65. The molecule has 25 heavy (non-hydrogen) atoms. The second kappa shape index (κ2) is 5.81. The van der Waals surface area contributed by atoms with E-state index in [2.05, 4.69) is 6.58 Å². The maximum absolute atomic E-state index is 13.1. The van der Waals surface area contributed by atoms with Gasteiger partial charge in [-0.25, -0.2) is 4.98 Å². The molecule has 4 rings (SSSR count). The largest absolute Gasteiger partial charge is 0.416 e. The zero-order valence-electron chi connectivity index (χ0n) is 13.0. The summed E-state index contributed by atoms with van der Waals surface area (Å²) in [6.45, 7) is 4.23. The number of alkyl halides is 3. The Labute approximate surface area is 147 Å². The molecule has 3 aromatic rings. The summed E-state index contributed by atoms with van der Waals surface area (Å²) in [5.41, 5.74) is 0.925. The van der Waals surface area contributed by atoms with Crippen LogP contribution in [-0.4, -0.2) is 11.5 Å². The highest BCUT2D eigenvalue weighted by Gasteiger charge is 2.33. The summed E-state index contributed by atoms with van der Waals surface area (Å²) < 4.78 is 39.2. The first kappa shape index (κ1) is 16.0. The summed E-state index contributed by atoms with van der Waals surface area (Å²) in [5, 5.41) is 0.961. The van der Waals surface area contributed by atoms with Crippen LogP contribution in [0.2, 0.25) is 0 Å². The van der Waals surface area contributed by atoms with Crippen molar-refractivity contribution in [2.75, 3.05) is 11.4 Å². The highest BCUT2D eigenvalue weighted by molar-refractivity contribution is 7.99. The third kappa shape index (κ3) is 2.76. The van der Waals surface area contributed by atoms with E-state index in [0.717, 1.165) is 27.7 Å². The van der Waals surface area contributed by atoms with Gasteiger partial charge in [0.25, 0.3) is 0 Å². The van der Waals surface area contributed by atoms with Gasteiger partial charge in [0, 0.05) is 16.8 Å². The van der Waals surface area contributed by atoms with Gasteiger partial charge in [0.1, 0.15) is 5.82 Å². The highest BCUT2D eigenvalue weighted by atomic mass is 32.2. The third-order valence-electron chi connectivity index (χ3n) is 4.04. The Balaban J connectivity index is 1.90. The first-order valence-corrected chi connectivity index (χ1v) is 8.46. The molecule has 0 bridgehead atoms. The number of hydrogen-bond acceptors (Lipinski definition) is 3. The van der Waals surface area contributed by atoms with Crippen LogP contribution in [-0.2, 0) is 6.18 Å². The lowest BCUT2D eigenvalue weighted by Crippen LogP contribution is -2.22. The zero-order chi connectivity index (χ0) is 17.6. The molecule has 0 saturated heterocycles. The van der Waals surface area contributed by atoms with Gasteiger partial charge in [-0.15, -0.1) is 6.58 Å². The van der Waals surface area contributed by atoms with Gasteiger partial charge in [-0.2, -0.15) is 13.2 Å². The minimum atomic E-state index is -4.36. The van der Waals surface area contributed by atoms with E-state index < -0.39 is 11.7 Å². The maximum atomic E-state index is 13.1. The molecule has 0 fully saturated rings. The number of fused-ring (bicyclic) bond motifs is 3. The highest BCUT2D eigenvalue weighted by Crippen LogP contribution is 2.49. The molecule has 0 saturated carbocycles. The smallest absolute Gasteiger partial charge is 0.321 e. The molecule has 2 aromatic carbocycles. The summed E-state index contributed by atoms with van der Waals surface area (Å²) in [6.07, 6.45) is -2.64. The van der Waals surface area contributed by atoms with E-state index in [4.69, 9.17) is 4.98 Å². The first-order chi connectivity index (χ1) is 12.0. The number of anilines is 2. The molecule has 0 aliphatic carbocycles. The molecule has 1 aromatic heterocycles. The van der Waals surface area contributed by atoms with Crippen molar-refractivity contribution in [3.05, 3.63) is 66.7 Å². The van der Waals surface area contributed by atoms with Crippen LogP contribution in [0.5, 0.6) is 0 Å². The molecule has 2 nitrogen and oxygen atoms in total. The molecule has 0 unspecified atom stereocenters. The lowest BCUT2D eigenvalue weighted by molar-refractivity contribution is -0.137. The number of halogens is 3. The van der Waals surface area contributed by atoms with Crippen molar-refractivity contribution in [3.63, 3.8) is 0 Å². The minimum absolute atomic E-state index is 0.470. The van der Waals surface area contributed by atoms with E-state index >= 15 is 0 Å². The van der Waals surface area contributed by atoms with Crippen molar-refractivity contribution in [1.29, 1.82) is 0 Å². The van der Waals surface area contributed by atoms with Crippen molar-refractivity contribution in [1.82, 2.24) is 4.98 Å².